The molecule has 0 bridgehead atoms. The first-order valence-electron chi connectivity index (χ1n) is 4.85. The van der Waals surface area contributed by atoms with Crippen LogP contribution in [0.15, 0.2) is 0 Å². The van der Waals surface area contributed by atoms with Gasteiger partial charge in [0, 0.05) is 0 Å². The normalized spacial score (nSPS) is 21.6. The second-order valence-corrected chi connectivity index (χ2v) is 4.01. The molecule has 1 saturated heterocycles. The lowest BCUT2D eigenvalue weighted by Gasteiger charge is -2.22. The molecule has 1 radical (unpaired) electrons. The average molecular weight is 168 g/mol. The summed E-state index contributed by atoms with van der Waals surface area (Å²) in [6, 6.07) is 0.0625. The van der Waals surface area contributed by atoms with E-state index in [0.717, 1.165) is 19.5 Å². The summed E-state index contributed by atoms with van der Waals surface area (Å²) in [7, 11) is 0. The molecule has 0 unspecified atom stereocenters. The lowest BCUT2D eigenvalue weighted by atomic mass is 10.0. The highest BCUT2D eigenvalue weighted by molar-refractivity contribution is 5.58. The van der Waals surface area contributed by atoms with Gasteiger partial charge >= 0.3 is 0 Å². The van der Waals surface area contributed by atoms with Crippen molar-refractivity contribution in [1.29, 1.82) is 0 Å². The van der Waals surface area contributed by atoms with E-state index in [-0.39, 0.29) is 6.04 Å². The van der Waals surface area contributed by atoms with Crippen LogP contribution in [0.1, 0.15) is 33.1 Å². The molecule has 1 fully saturated rings. The topological polar surface area (TPSA) is 20.3 Å². The van der Waals surface area contributed by atoms with Crippen molar-refractivity contribution >= 4 is 6.29 Å². The minimum Gasteiger partial charge on any atom is -0.293 e. The summed E-state index contributed by atoms with van der Waals surface area (Å²) in [5, 5.41) is 0. The number of hydrogen-bond donors (Lipinski definition) is 0. The quantitative estimate of drug-likeness (QED) is 0.635. The molecule has 0 aromatic carbocycles. The van der Waals surface area contributed by atoms with E-state index < -0.39 is 0 Å². The predicted molar refractivity (Wildman–Crippen MR) is 49.7 cm³/mol. The Kier molecular flexibility index (Phi) is 3.73. The second kappa shape index (κ2) is 4.61. The minimum absolute atomic E-state index is 0.0625. The van der Waals surface area contributed by atoms with E-state index in [0.29, 0.717) is 5.92 Å². The maximum Gasteiger partial charge on any atom is 0.217 e. The van der Waals surface area contributed by atoms with Gasteiger partial charge in [-0.15, -0.1) is 0 Å². The van der Waals surface area contributed by atoms with Crippen LogP contribution in [0.3, 0.4) is 0 Å². The molecule has 0 aromatic heterocycles. The van der Waals surface area contributed by atoms with Gasteiger partial charge in [-0.25, -0.2) is 0 Å². The number of nitrogens with zero attached hydrogens (tertiary/aromatic N) is 1. The number of carbonyl (C=O) groups excluding carboxylic acids is 1. The summed E-state index contributed by atoms with van der Waals surface area (Å²) in [5.41, 5.74) is 0. The summed E-state index contributed by atoms with van der Waals surface area (Å²) in [6.45, 7) is 6.49. The first-order chi connectivity index (χ1) is 5.74. The first kappa shape index (κ1) is 9.72. The van der Waals surface area contributed by atoms with E-state index in [4.69, 9.17) is 0 Å². The van der Waals surface area contributed by atoms with E-state index in [1.54, 1.807) is 0 Å². The smallest absolute Gasteiger partial charge is 0.217 e. The highest BCUT2D eigenvalue weighted by Crippen LogP contribution is 2.15. The first-order valence-corrected chi connectivity index (χ1v) is 4.85. The maximum absolute atomic E-state index is 10.7. The van der Waals surface area contributed by atoms with Crippen LogP contribution in [0.5, 0.6) is 0 Å². The third-order valence-corrected chi connectivity index (χ3v) is 2.41. The fourth-order valence-electron chi connectivity index (χ4n) is 1.77. The Bertz CT molecular complexity index is 139. The molecule has 0 N–H and O–H groups in total. The molecule has 1 heterocycles. The molecule has 0 spiro atoms. The summed E-state index contributed by atoms with van der Waals surface area (Å²) < 4.78 is 0. The zero-order chi connectivity index (χ0) is 8.97. The van der Waals surface area contributed by atoms with Gasteiger partial charge < -0.3 is 0 Å². The fourth-order valence-corrected chi connectivity index (χ4v) is 1.77. The molecule has 0 aromatic rings. The molecule has 2 nitrogen and oxygen atoms in total. The van der Waals surface area contributed by atoms with Gasteiger partial charge in [-0.3, -0.25) is 9.69 Å². The third kappa shape index (κ3) is 2.59. The number of likely N-dealkylation sites (tertiary alicyclic amines) is 1. The minimum atomic E-state index is 0.0625. The third-order valence-electron chi connectivity index (χ3n) is 2.41. The van der Waals surface area contributed by atoms with Crippen molar-refractivity contribution in [2.75, 3.05) is 13.1 Å². The van der Waals surface area contributed by atoms with Crippen LogP contribution in [0, 0.1) is 5.92 Å². The largest absolute Gasteiger partial charge is 0.293 e. The summed E-state index contributed by atoms with van der Waals surface area (Å²) >= 11 is 0. The molecule has 1 atom stereocenters. The Balaban J connectivity index is 2.37. The van der Waals surface area contributed by atoms with E-state index in [9.17, 15) is 4.79 Å². The molecular weight excluding hydrogens is 150 g/mol. The fraction of sp³-hybridized carbons (Fsp3) is 0.900. The highest BCUT2D eigenvalue weighted by atomic mass is 16.1. The predicted octanol–water partition coefficient (Wildman–Crippen LogP) is 1.61. The highest BCUT2D eigenvalue weighted by Gasteiger charge is 2.22. The van der Waals surface area contributed by atoms with Crippen molar-refractivity contribution < 1.29 is 4.79 Å². The van der Waals surface area contributed by atoms with Crippen LogP contribution in [0.2, 0.25) is 0 Å². The van der Waals surface area contributed by atoms with Gasteiger partial charge in [-0.2, -0.15) is 0 Å². The van der Waals surface area contributed by atoms with Gasteiger partial charge in [0.25, 0.3) is 0 Å². The maximum atomic E-state index is 10.7. The van der Waals surface area contributed by atoms with Gasteiger partial charge in [-0.1, -0.05) is 13.8 Å². The van der Waals surface area contributed by atoms with Gasteiger partial charge in [0.2, 0.25) is 6.29 Å². The number of rotatable bonds is 4. The van der Waals surface area contributed by atoms with Crippen LogP contribution in [-0.2, 0) is 4.79 Å². The van der Waals surface area contributed by atoms with Crippen LogP contribution in [0.25, 0.3) is 0 Å². The summed E-state index contributed by atoms with van der Waals surface area (Å²) in [5.74, 6) is 0.594. The van der Waals surface area contributed by atoms with Crippen LogP contribution in [0.4, 0.5) is 0 Å². The van der Waals surface area contributed by atoms with E-state index in [2.05, 4.69) is 25.0 Å². The molecule has 2 heteroatoms. The van der Waals surface area contributed by atoms with Gasteiger partial charge in [0.15, 0.2) is 0 Å². The van der Waals surface area contributed by atoms with Crippen molar-refractivity contribution in [2.45, 2.75) is 39.2 Å². The molecule has 0 amide bonds. The standard InChI is InChI=1S/C10H18NO/c1-9(2)7-10(8-12)11-5-3-4-6-11/h9-10H,3-7H2,1-2H3/t10-/m1/s1. The Morgan fingerprint density at radius 2 is 1.92 bits per heavy atom. The molecule has 0 aliphatic carbocycles. The molecule has 69 valence electrons. The van der Waals surface area contributed by atoms with E-state index >= 15 is 0 Å². The van der Waals surface area contributed by atoms with Gasteiger partial charge in [0.1, 0.15) is 0 Å². The second-order valence-electron chi connectivity index (χ2n) is 4.01. The molecular formula is C10H18NO. The van der Waals surface area contributed by atoms with Crippen molar-refractivity contribution in [3.8, 4) is 0 Å². The van der Waals surface area contributed by atoms with Crippen LogP contribution >= 0.6 is 0 Å². The Morgan fingerprint density at radius 1 is 1.33 bits per heavy atom. The van der Waals surface area contributed by atoms with E-state index in [1.807, 2.05) is 0 Å². The zero-order valence-electron chi connectivity index (χ0n) is 8.05. The Labute approximate surface area is 74.9 Å². The molecule has 0 saturated carbocycles. The number of hydrogen-bond acceptors (Lipinski definition) is 2. The molecule has 1 aliphatic heterocycles. The van der Waals surface area contributed by atoms with Gasteiger partial charge in [0.05, 0.1) is 6.04 Å². The SMILES string of the molecule is CC(C)C[C@H]([C]=O)N1CCCC1. The van der Waals surface area contributed by atoms with Crippen molar-refractivity contribution in [3.05, 3.63) is 0 Å². The average Bonchev–Trinajstić information content (AvgIpc) is 2.51. The van der Waals surface area contributed by atoms with Crippen molar-refractivity contribution in [2.24, 2.45) is 5.92 Å². The monoisotopic (exact) mass is 168 g/mol. The Morgan fingerprint density at radius 3 is 2.33 bits per heavy atom. The van der Waals surface area contributed by atoms with Crippen LogP contribution < -0.4 is 0 Å². The Hall–Kier alpha value is -0.370. The lowest BCUT2D eigenvalue weighted by molar-refractivity contribution is 0.261. The molecule has 12 heavy (non-hydrogen) atoms. The molecule has 1 aliphatic rings. The van der Waals surface area contributed by atoms with Crippen molar-refractivity contribution in [3.63, 3.8) is 0 Å². The summed E-state index contributed by atoms with van der Waals surface area (Å²) in [4.78, 5) is 12.9. The van der Waals surface area contributed by atoms with E-state index in [1.165, 1.54) is 12.8 Å². The lowest BCUT2D eigenvalue weighted by Crippen LogP contribution is -2.34. The van der Waals surface area contributed by atoms with Crippen LogP contribution in [-0.4, -0.2) is 30.3 Å². The zero-order valence-corrected chi connectivity index (χ0v) is 8.05. The molecule has 1 rings (SSSR count). The van der Waals surface area contributed by atoms with Gasteiger partial charge in [-0.05, 0) is 38.3 Å². The van der Waals surface area contributed by atoms with Crippen molar-refractivity contribution in [1.82, 2.24) is 4.90 Å². The summed E-state index contributed by atoms with van der Waals surface area (Å²) in [6.07, 6.45) is 5.61.